The lowest BCUT2D eigenvalue weighted by molar-refractivity contribution is 0.128. The molecule has 96 valence electrons. The van der Waals surface area contributed by atoms with Gasteiger partial charge in [0.2, 0.25) is 0 Å². The van der Waals surface area contributed by atoms with Crippen molar-refractivity contribution in [3.05, 3.63) is 42.2 Å². The molecule has 0 aliphatic heterocycles. The van der Waals surface area contributed by atoms with Crippen LogP contribution >= 0.6 is 0 Å². The van der Waals surface area contributed by atoms with Crippen molar-refractivity contribution >= 4 is 10.8 Å². The third kappa shape index (κ3) is 3.06. The fourth-order valence-corrected chi connectivity index (χ4v) is 2.09. The zero-order chi connectivity index (χ0) is 13.0. The first kappa shape index (κ1) is 13.0. The number of nitrogens with zero attached hydrogens (tertiary/aromatic N) is 1. The molecular weight excluding hydrogens is 224 g/mol. The molecule has 3 heteroatoms. The van der Waals surface area contributed by atoms with Gasteiger partial charge >= 0.3 is 0 Å². The third-order valence-corrected chi connectivity index (χ3v) is 3.03. The van der Waals surface area contributed by atoms with Crippen molar-refractivity contribution in [1.29, 1.82) is 0 Å². The molecule has 2 rings (SSSR count). The zero-order valence-corrected chi connectivity index (χ0v) is 11.2. The molecule has 0 saturated carbocycles. The Morgan fingerprint density at radius 3 is 2.89 bits per heavy atom. The van der Waals surface area contributed by atoms with Crippen LogP contribution in [0.25, 0.3) is 10.8 Å². The molecule has 0 spiro atoms. The quantitative estimate of drug-likeness (QED) is 0.878. The van der Waals surface area contributed by atoms with E-state index >= 15 is 0 Å². The van der Waals surface area contributed by atoms with E-state index < -0.39 is 0 Å². The average molecular weight is 244 g/mol. The summed E-state index contributed by atoms with van der Waals surface area (Å²) in [6.07, 6.45) is 3.74. The molecule has 0 radical (unpaired) electrons. The summed E-state index contributed by atoms with van der Waals surface area (Å²) in [4.78, 5) is 4.15. The number of benzene rings is 1. The van der Waals surface area contributed by atoms with Crippen LogP contribution < -0.4 is 5.32 Å². The number of fused-ring (bicyclic) bond motifs is 1. The molecule has 2 aromatic rings. The summed E-state index contributed by atoms with van der Waals surface area (Å²) in [6, 6.07) is 8.38. The first-order chi connectivity index (χ1) is 8.62. The van der Waals surface area contributed by atoms with Gasteiger partial charge in [-0.2, -0.15) is 0 Å². The summed E-state index contributed by atoms with van der Waals surface area (Å²) in [6.45, 7) is 5.81. The Morgan fingerprint density at radius 2 is 2.11 bits per heavy atom. The molecule has 1 aromatic heterocycles. The Kier molecular flexibility index (Phi) is 3.94. The topological polar surface area (TPSA) is 34.1 Å². The zero-order valence-electron chi connectivity index (χ0n) is 11.2. The number of methoxy groups -OCH3 is 1. The fraction of sp³-hybridized carbons (Fsp3) is 0.400. The van der Waals surface area contributed by atoms with E-state index in [2.05, 4.69) is 48.4 Å². The van der Waals surface area contributed by atoms with Crippen LogP contribution in [-0.2, 0) is 11.3 Å². The van der Waals surface area contributed by atoms with E-state index in [9.17, 15) is 0 Å². The Morgan fingerprint density at radius 1 is 1.28 bits per heavy atom. The minimum absolute atomic E-state index is 0.0239. The van der Waals surface area contributed by atoms with Gasteiger partial charge in [0, 0.05) is 37.0 Å². The number of ether oxygens (including phenoxy) is 1. The molecule has 1 aromatic carbocycles. The van der Waals surface area contributed by atoms with Gasteiger partial charge in [-0.3, -0.25) is 4.98 Å². The first-order valence-corrected chi connectivity index (χ1v) is 6.18. The molecule has 0 fully saturated rings. The minimum Gasteiger partial charge on any atom is -0.383 e. The largest absolute Gasteiger partial charge is 0.383 e. The van der Waals surface area contributed by atoms with E-state index in [0.717, 1.165) is 6.54 Å². The Labute approximate surface area is 108 Å². The highest BCUT2D eigenvalue weighted by molar-refractivity contribution is 5.84. The van der Waals surface area contributed by atoms with Crippen LogP contribution in [0.5, 0.6) is 0 Å². The summed E-state index contributed by atoms with van der Waals surface area (Å²) in [7, 11) is 1.73. The van der Waals surface area contributed by atoms with E-state index in [1.54, 1.807) is 7.11 Å². The second-order valence-corrected chi connectivity index (χ2v) is 5.18. The smallest absolute Gasteiger partial charge is 0.0639 e. The van der Waals surface area contributed by atoms with Crippen molar-refractivity contribution in [1.82, 2.24) is 10.3 Å². The molecule has 1 N–H and O–H groups in total. The normalized spacial score (nSPS) is 11.9. The van der Waals surface area contributed by atoms with Crippen molar-refractivity contribution in [3.63, 3.8) is 0 Å². The van der Waals surface area contributed by atoms with Crippen LogP contribution in [0.1, 0.15) is 19.4 Å². The fourth-order valence-electron chi connectivity index (χ4n) is 2.09. The predicted molar refractivity (Wildman–Crippen MR) is 74.5 cm³/mol. The summed E-state index contributed by atoms with van der Waals surface area (Å²) in [5.74, 6) is 0. The van der Waals surface area contributed by atoms with Gasteiger partial charge < -0.3 is 10.1 Å². The Balaban J connectivity index is 2.17. The van der Waals surface area contributed by atoms with Gasteiger partial charge in [-0.1, -0.05) is 18.2 Å². The van der Waals surface area contributed by atoms with Gasteiger partial charge in [0.05, 0.1) is 6.61 Å². The van der Waals surface area contributed by atoms with E-state index in [4.69, 9.17) is 4.74 Å². The molecule has 0 atom stereocenters. The molecule has 0 amide bonds. The first-order valence-electron chi connectivity index (χ1n) is 6.18. The van der Waals surface area contributed by atoms with E-state index in [1.165, 1.54) is 16.3 Å². The molecule has 0 aliphatic carbocycles. The second-order valence-electron chi connectivity index (χ2n) is 5.18. The number of nitrogens with one attached hydrogen (secondary N) is 1. The van der Waals surface area contributed by atoms with Gasteiger partial charge in [0.15, 0.2) is 0 Å². The minimum atomic E-state index is -0.0239. The van der Waals surface area contributed by atoms with Crippen LogP contribution in [0.4, 0.5) is 0 Å². The molecule has 18 heavy (non-hydrogen) atoms. The van der Waals surface area contributed by atoms with Crippen LogP contribution in [0.2, 0.25) is 0 Å². The maximum atomic E-state index is 5.21. The van der Waals surface area contributed by atoms with Gasteiger partial charge in [0.1, 0.15) is 0 Å². The van der Waals surface area contributed by atoms with Crippen LogP contribution in [-0.4, -0.2) is 24.2 Å². The molecule has 3 nitrogen and oxygen atoms in total. The lowest BCUT2D eigenvalue weighted by Crippen LogP contribution is -2.42. The van der Waals surface area contributed by atoms with Crippen molar-refractivity contribution in [3.8, 4) is 0 Å². The molecule has 0 aliphatic rings. The number of pyridine rings is 1. The maximum Gasteiger partial charge on any atom is 0.0639 e. The van der Waals surface area contributed by atoms with Crippen molar-refractivity contribution in [2.75, 3.05) is 13.7 Å². The van der Waals surface area contributed by atoms with Gasteiger partial charge in [-0.25, -0.2) is 0 Å². The second kappa shape index (κ2) is 5.46. The van der Waals surface area contributed by atoms with E-state index in [-0.39, 0.29) is 5.54 Å². The standard InChI is InChI=1S/C15H20N2O/c1-15(2,11-18-3)17-10-13-6-4-5-12-9-16-8-7-14(12)13/h4-9,17H,10-11H2,1-3H3. The maximum absolute atomic E-state index is 5.21. The predicted octanol–water partition coefficient (Wildman–Crippen LogP) is 2.75. The number of hydrogen-bond donors (Lipinski definition) is 1. The van der Waals surface area contributed by atoms with Crippen molar-refractivity contribution in [2.24, 2.45) is 0 Å². The third-order valence-electron chi connectivity index (χ3n) is 3.03. The SMILES string of the molecule is COCC(C)(C)NCc1cccc2cnccc12. The average Bonchev–Trinajstić information content (AvgIpc) is 2.36. The van der Waals surface area contributed by atoms with Gasteiger partial charge in [-0.15, -0.1) is 0 Å². The summed E-state index contributed by atoms with van der Waals surface area (Å²) in [5.41, 5.74) is 1.27. The molecule has 0 bridgehead atoms. The van der Waals surface area contributed by atoms with Gasteiger partial charge in [0.25, 0.3) is 0 Å². The van der Waals surface area contributed by atoms with Crippen molar-refractivity contribution in [2.45, 2.75) is 25.9 Å². The molecule has 0 saturated heterocycles. The molecule has 0 unspecified atom stereocenters. The highest BCUT2D eigenvalue weighted by Gasteiger charge is 2.16. The summed E-state index contributed by atoms with van der Waals surface area (Å²) in [5, 5.41) is 5.96. The summed E-state index contributed by atoms with van der Waals surface area (Å²) >= 11 is 0. The number of aromatic nitrogens is 1. The van der Waals surface area contributed by atoms with Crippen LogP contribution in [0, 0.1) is 0 Å². The number of rotatable bonds is 5. The Hall–Kier alpha value is -1.45. The lowest BCUT2D eigenvalue weighted by Gasteiger charge is -2.25. The molecular formula is C15H20N2O. The van der Waals surface area contributed by atoms with E-state index in [1.807, 2.05) is 12.4 Å². The van der Waals surface area contributed by atoms with Crippen LogP contribution in [0.3, 0.4) is 0 Å². The lowest BCUT2D eigenvalue weighted by atomic mass is 10.0. The van der Waals surface area contributed by atoms with E-state index in [0.29, 0.717) is 6.61 Å². The Bertz CT molecular complexity index is 517. The highest BCUT2D eigenvalue weighted by atomic mass is 16.5. The number of hydrogen-bond acceptors (Lipinski definition) is 3. The monoisotopic (exact) mass is 244 g/mol. The summed E-state index contributed by atoms with van der Waals surface area (Å²) < 4.78 is 5.21. The van der Waals surface area contributed by atoms with Crippen molar-refractivity contribution < 1.29 is 4.74 Å². The molecule has 1 heterocycles. The van der Waals surface area contributed by atoms with Gasteiger partial charge in [-0.05, 0) is 30.9 Å². The highest BCUT2D eigenvalue weighted by Crippen LogP contribution is 2.18. The van der Waals surface area contributed by atoms with Crippen LogP contribution in [0.15, 0.2) is 36.7 Å².